The predicted molar refractivity (Wildman–Crippen MR) is 64.2 cm³/mol. The Balaban J connectivity index is 1.74. The highest BCUT2D eigenvalue weighted by molar-refractivity contribution is 5.80. The van der Waals surface area contributed by atoms with Crippen molar-refractivity contribution in [1.82, 2.24) is 15.1 Å². The topological polar surface area (TPSA) is 35.6 Å². The van der Waals surface area contributed by atoms with Gasteiger partial charge in [0.15, 0.2) is 0 Å². The van der Waals surface area contributed by atoms with E-state index in [1.54, 1.807) is 0 Å². The zero-order valence-corrected chi connectivity index (χ0v) is 10.4. The first-order valence-electron chi connectivity index (χ1n) is 6.31. The van der Waals surface area contributed by atoms with Gasteiger partial charge >= 0.3 is 0 Å². The molecular weight excluding hydrogens is 202 g/mol. The summed E-state index contributed by atoms with van der Waals surface area (Å²) < 4.78 is 0. The van der Waals surface area contributed by atoms with E-state index in [4.69, 9.17) is 0 Å². The van der Waals surface area contributed by atoms with Gasteiger partial charge in [-0.15, -0.1) is 0 Å². The third-order valence-corrected chi connectivity index (χ3v) is 3.68. The first-order valence-corrected chi connectivity index (χ1v) is 6.31. The van der Waals surface area contributed by atoms with Gasteiger partial charge in [0.25, 0.3) is 0 Å². The third kappa shape index (κ3) is 2.74. The Kier molecular flexibility index (Phi) is 3.82. The SMILES string of the molecule is CN(C)CC1CCN(C(=O)C2CNC2)CC1. The van der Waals surface area contributed by atoms with E-state index in [-0.39, 0.29) is 5.92 Å². The fourth-order valence-corrected chi connectivity index (χ4v) is 2.57. The Morgan fingerprint density at radius 2 is 1.94 bits per heavy atom. The highest BCUT2D eigenvalue weighted by Crippen LogP contribution is 2.20. The zero-order chi connectivity index (χ0) is 11.5. The summed E-state index contributed by atoms with van der Waals surface area (Å²) in [4.78, 5) is 16.3. The minimum atomic E-state index is 0.269. The highest BCUT2D eigenvalue weighted by Gasteiger charge is 2.31. The number of carbonyl (C=O) groups is 1. The molecule has 0 aromatic rings. The van der Waals surface area contributed by atoms with Gasteiger partial charge in [-0.2, -0.15) is 0 Å². The van der Waals surface area contributed by atoms with Crippen molar-refractivity contribution >= 4 is 5.91 Å². The van der Waals surface area contributed by atoms with Crippen molar-refractivity contribution in [3.8, 4) is 0 Å². The monoisotopic (exact) mass is 225 g/mol. The Labute approximate surface area is 98.0 Å². The van der Waals surface area contributed by atoms with Gasteiger partial charge in [0.2, 0.25) is 5.91 Å². The van der Waals surface area contributed by atoms with Crippen molar-refractivity contribution in [2.75, 3.05) is 46.8 Å². The number of nitrogens with one attached hydrogen (secondary N) is 1. The van der Waals surface area contributed by atoms with Crippen LogP contribution in [0.2, 0.25) is 0 Å². The molecule has 0 unspecified atom stereocenters. The van der Waals surface area contributed by atoms with Crippen molar-refractivity contribution in [3.05, 3.63) is 0 Å². The summed E-state index contributed by atoms with van der Waals surface area (Å²) >= 11 is 0. The standard InChI is InChI=1S/C12H23N3O/c1-14(2)9-10-3-5-15(6-4-10)12(16)11-7-13-8-11/h10-11,13H,3-9H2,1-2H3. The summed E-state index contributed by atoms with van der Waals surface area (Å²) in [5, 5.41) is 3.16. The van der Waals surface area contributed by atoms with E-state index in [0.717, 1.165) is 38.6 Å². The lowest BCUT2D eigenvalue weighted by Gasteiger charge is -2.37. The maximum atomic E-state index is 12.0. The van der Waals surface area contributed by atoms with E-state index in [9.17, 15) is 4.79 Å². The number of piperidine rings is 1. The quantitative estimate of drug-likeness (QED) is 0.735. The molecule has 0 spiro atoms. The second kappa shape index (κ2) is 5.15. The van der Waals surface area contributed by atoms with Gasteiger partial charge in [0, 0.05) is 32.7 Å². The molecule has 4 nitrogen and oxygen atoms in total. The molecule has 2 fully saturated rings. The van der Waals surface area contributed by atoms with Crippen LogP contribution in [0.25, 0.3) is 0 Å². The Morgan fingerprint density at radius 1 is 1.31 bits per heavy atom. The van der Waals surface area contributed by atoms with Gasteiger partial charge in [0.1, 0.15) is 0 Å². The molecule has 0 bridgehead atoms. The molecule has 16 heavy (non-hydrogen) atoms. The molecule has 2 rings (SSSR count). The van der Waals surface area contributed by atoms with Crippen molar-refractivity contribution in [2.24, 2.45) is 11.8 Å². The Morgan fingerprint density at radius 3 is 2.38 bits per heavy atom. The van der Waals surface area contributed by atoms with Gasteiger partial charge < -0.3 is 15.1 Å². The average Bonchev–Trinajstić information content (AvgIpc) is 2.15. The normalized spacial score (nSPS) is 23.6. The minimum absolute atomic E-state index is 0.269. The fourth-order valence-electron chi connectivity index (χ4n) is 2.57. The van der Waals surface area contributed by atoms with Crippen molar-refractivity contribution in [2.45, 2.75) is 12.8 Å². The molecule has 0 atom stereocenters. The molecule has 1 amide bonds. The van der Waals surface area contributed by atoms with E-state index < -0.39 is 0 Å². The van der Waals surface area contributed by atoms with Crippen LogP contribution < -0.4 is 5.32 Å². The van der Waals surface area contributed by atoms with Crippen molar-refractivity contribution < 1.29 is 4.79 Å². The Hall–Kier alpha value is -0.610. The van der Waals surface area contributed by atoms with Crippen molar-refractivity contribution in [1.29, 1.82) is 0 Å². The first kappa shape index (κ1) is 11.9. The van der Waals surface area contributed by atoms with Crippen LogP contribution in [-0.4, -0.2) is 62.5 Å². The van der Waals surface area contributed by atoms with E-state index >= 15 is 0 Å². The molecule has 1 N–H and O–H groups in total. The van der Waals surface area contributed by atoms with Gasteiger partial charge in [-0.25, -0.2) is 0 Å². The molecule has 2 aliphatic rings. The maximum absolute atomic E-state index is 12.0. The number of nitrogens with zero attached hydrogens (tertiary/aromatic N) is 2. The number of hydrogen-bond donors (Lipinski definition) is 1. The van der Waals surface area contributed by atoms with E-state index in [0.29, 0.717) is 5.91 Å². The first-order chi connectivity index (χ1) is 7.66. The molecule has 92 valence electrons. The lowest BCUT2D eigenvalue weighted by atomic mass is 9.94. The van der Waals surface area contributed by atoms with E-state index in [2.05, 4.69) is 29.2 Å². The summed E-state index contributed by atoms with van der Waals surface area (Å²) in [6.07, 6.45) is 2.34. The molecular formula is C12H23N3O. The summed E-state index contributed by atoms with van der Waals surface area (Å²) in [7, 11) is 4.25. The predicted octanol–water partition coefficient (Wildman–Crippen LogP) is 0.00600. The highest BCUT2D eigenvalue weighted by atomic mass is 16.2. The van der Waals surface area contributed by atoms with Crippen LogP contribution in [0, 0.1) is 11.8 Å². The summed E-state index contributed by atoms with van der Waals surface area (Å²) in [6.45, 7) is 4.86. The maximum Gasteiger partial charge on any atom is 0.228 e. The molecule has 0 aromatic heterocycles. The molecule has 2 heterocycles. The number of rotatable bonds is 3. The average molecular weight is 225 g/mol. The van der Waals surface area contributed by atoms with Gasteiger partial charge in [-0.05, 0) is 32.9 Å². The summed E-state index contributed by atoms with van der Waals surface area (Å²) in [5.41, 5.74) is 0. The summed E-state index contributed by atoms with van der Waals surface area (Å²) in [5.74, 6) is 1.42. The lowest BCUT2D eigenvalue weighted by Crippen LogP contribution is -2.53. The van der Waals surface area contributed by atoms with Gasteiger partial charge in [0.05, 0.1) is 5.92 Å². The van der Waals surface area contributed by atoms with Crippen LogP contribution >= 0.6 is 0 Å². The second-order valence-electron chi connectivity index (χ2n) is 5.39. The van der Waals surface area contributed by atoms with Crippen LogP contribution in [0.1, 0.15) is 12.8 Å². The molecule has 0 saturated carbocycles. The molecule has 0 aromatic carbocycles. The van der Waals surface area contributed by atoms with E-state index in [1.165, 1.54) is 12.8 Å². The zero-order valence-electron chi connectivity index (χ0n) is 10.4. The molecule has 0 radical (unpaired) electrons. The molecule has 2 aliphatic heterocycles. The Bertz CT molecular complexity index is 243. The van der Waals surface area contributed by atoms with Crippen LogP contribution in [-0.2, 0) is 4.79 Å². The van der Waals surface area contributed by atoms with E-state index in [1.807, 2.05) is 0 Å². The minimum Gasteiger partial charge on any atom is -0.342 e. The fraction of sp³-hybridized carbons (Fsp3) is 0.917. The van der Waals surface area contributed by atoms with Crippen molar-refractivity contribution in [3.63, 3.8) is 0 Å². The third-order valence-electron chi connectivity index (χ3n) is 3.68. The largest absolute Gasteiger partial charge is 0.342 e. The van der Waals surface area contributed by atoms with Gasteiger partial charge in [-0.1, -0.05) is 0 Å². The smallest absolute Gasteiger partial charge is 0.228 e. The summed E-state index contributed by atoms with van der Waals surface area (Å²) in [6, 6.07) is 0. The number of hydrogen-bond acceptors (Lipinski definition) is 3. The molecule has 4 heteroatoms. The van der Waals surface area contributed by atoms with Gasteiger partial charge in [-0.3, -0.25) is 4.79 Å². The molecule has 2 saturated heterocycles. The lowest BCUT2D eigenvalue weighted by molar-refractivity contribution is -0.138. The van der Waals surface area contributed by atoms with Crippen LogP contribution in [0.5, 0.6) is 0 Å². The number of carbonyl (C=O) groups excluding carboxylic acids is 1. The van der Waals surface area contributed by atoms with Crippen LogP contribution in [0.3, 0.4) is 0 Å². The van der Waals surface area contributed by atoms with Crippen LogP contribution in [0.4, 0.5) is 0 Å². The second-order valence-corrected chi connectivity index (χ2v) is 5.39. The van der Waals surface area contributed by atoms with Crippen LogP contribution in [0.15, 0.2) is 0 Å². The number of likely N-dealkylation sites (tertiary alicyclic amines) is 1. The molecule has 0 aliphatic carbocycles. The number of amides is 1.